The van der Waals surface area contributed by atoms with Crippen LogP contribution in [0.15, 0.2) is 12.2 Å². The van der Waals surface area contributed by atoms with Crippen LogP contribution in [0.4, 0.5) is 0 Å². The van der Waals surface area contributed by atoms with E-state index in [-0.39, 0.29) is 47.3 Å². The predicted octanol–water partition coefficient (Wildman–Crippen LogP) is 0.298. The lowest BCUT2D eigenvalue weighted by Crippen LogP contribution is -2.45. The summed E-state index contributed by atoms with van der Waals surface area (Å²) in [4.78, 5) is 38.8. The molecular formula is C18H25N3O3. The van der Waals surface area contributed by atoms with Gasteiger partial charge in [0, 0.05) is 25.0 Å². The van der Waals surface area contributed by atoms with Crippen molar-refractivity contribution in [2.45, 2.75) is 32.2 Å². The number of nitrogens with zero attached hydrogens (tertiary/aromatic N) is 1. The molecule has 0 radical (unpaired) electrons. The number of hydrogen-bond acceptors (Lipinski definition) is 4. The first kappa shape index (κ1) is 15.8. The Kier molecular flexibility index (Phi) is 3.95. The summed E-state index contributed by atoms with van der Waals surface area (Å²) >= 11 is 0. The summed E-state index contributed by atoms with van der Waals surface area (Å²) in [6, 6.07) is 0.360. The number of fused-ring (bicyclic) bond motifs is 5. The molecule has 0 aromatic heterocycles. The molecule has 6 heteroatoms. The van der Waals surface area contributed by atoms with Crippen molar-refractivity contribution in [3.05, 3.63) is 12.2 Å². The normalized spacial score (nSPS) is 40.3. The number of rotatable bonds is 4. The Hall–Kier alpha value is -1.69. The molecule has 2 N–H and O–H groups in total. The van der Waals surface area contributed by atoms with Crippen molar-refractivity contribution in [1.82, 2.24) is 15.5 Å². The van der Waals surface area contributed by atoms with Crippen LogP contribution < -0.4 is 10.6 Å². The smallest absolute Gasteiger partial charge is 0.233 e. The maximum absolute atomic E-state index is 12.6. The first-order chi connectivity index (χ1) is 11.6. The van der Waals surface area contributed by atoms with Crippen molar-refractivity contribution in [2.24, 2.45) is 29.6 Å². The van der Waals surface area contributed by atoms with E-state index in [1.807, 2.05) is 0 Å². The van der Waals surface area contributed by atoms with Gasteiger partial charge in [-0.2, -0.15) is 0 Å². The van der Waals surface area contributed by atoms with E-state index >= 15 is 0 Å². The quantitative estimate of drug-likeness (QED) is 0.574. The fourth-order valence-corrected chi connectivity index (χ4v) is 4.99. The van der Waals surface area contributed by atoms with Crippen LogP contribution in [-0.2, 0) is 14.4 Å². The van der Waals surface area contributed by atoms with Crippen LogP contribution in [0.2, 0.25) is 0 Å². The van der Waals surface area contributed by atoms with Crippen molar-refractivity contribution >= 4 is 17.7 Å². The molecule has 4 rings (SSSR count). The van der Waals surface area contributed by atoms with Gasteiger partial charge in [0.2, 0.25) is 17.7 Å². The van der Waals surface area contributed by atoms with E-state index < -0.39 is 0 Å². The topological polar surface area (TPSA) is 78.5 Å². The first-order valence-electron chi connectivity index (χ1n) is 9.11. The monoisotopic (exact) mass is 331 g/mol. The number of carbonyl (C=O) groups is 3. The summed E-state index contributed by atoms with van der Waals surface area (Å²) in [7, 11) is 0. The molecular weight excluding hydrogens is 306 g/mol. The molecule has 130 valence electrons. The molecule has 0 spiro atoms. The molecule has 2 bridgehead atoms. The Morgan fingerprint density at radius 1 is 1.21 bits per heavy atom. The van der Waals surface area contributed by atoms with Gasteiger partial charge in [-0.05, 0) is 44.6 Å². The molecule has 1 saturated carbocycles. The maximum atomic E-state index is 12.6. The molecule has 2 heterocycles. The molecule has 2 aliphatic carbocycles. The average molecular weight is 331 g/mol. The van der Waals surface area contributed by atoms with E-state index in [2.05, 4.69) is 29.7 Å². The zero-order chi connectivity index (χ0) is 16.8. The summed E-state index contributed by atoms with van der Waals surface area (Å²) < 4.78 is 0. The zero-order valence-electron chi connectivity index (χ0n) is 14.0. The Morgan fingerprint density at radius 3 is 2.50 bits per heavy atom. The zero-order valence-corrected chi connectivity index (χ0v) is 14.0. The minimum Gasteiger partial charge on any atom is -0.354 e. The minimum atomic E-state index is -0.145. The molecule has 0 aromatic carbocycles. The van der Waals surface area contributed by atoms with Gasteiger partial charge in [0.15, 0.2) is 0 Å². The van der Waals surface area contributed by atoms with Crippen LogP contribution in [0.5, 0.6) is 0 Å². The number of hydrogen-bond donors (Lipinski definition) is 2. The van der Waals surface area contributed by atoms with E-state index in [4.69, 9.17) is 0 Å². The molecule has 4 unspecified atom stereocenters. The molecule has 6 atom stereocenters. The summed E-state index contributed by atoms with van der Waals surface area (Å²) in [5, 5.41) is 6.25. The minimum absolute atomic E-state index is 0.0330. The lowest BCUT2D eigenvalue weighted by molar-refractivity contribution is -0.141. The van der Waals surface area contributed by atoms with Crippen LogP contribution in [0.3, 0.4) is 0 Å². The van der Waals surface area contributed by atoms with E-state index in [1.165, 1.54) is 4.90 Å². The molecule has 2 aliphatic heterocycles. The standard InChI is InChI=1S/C18H25N3O3/c1-10-8-13(4-5-19-10)16(22)20-6-7-21-17(23)14-11-2-3-12(9-11)15(14)18(21)24/h2-3,10-15,19H,4-9H2,1H3,(H,20,22)/t10-,11?,12?,13-,14?,15?/m0/s1. The molecule has 6 nitrogen and oxygen atoms in total. The number of amides is 3. The van der Waals surface area contributed by atoms with E-state index in [9.17, 15) is 14.4 Å². The van der Waals surface area contributed by atoms with Crippen LogP contribution >= 0.6 is 0 Å². The highest BCUT2D eigenvalue weighted by Gasteiger charge is 2.58. The summed E-state index contributed by atoms with van der Waals surface area (Å²) in [6.07, 6.45) is 6.83. The van der Waals surface area contributed by atoms with Gasteiger partial charge >= 0.3 is 0 Å². The van der Waals surface area contributed by atoms with Gasteiger partial charge < -0.3 is 10.6 Å². The lowest BCUT2D eigenvalue weighted by atomic mass is 9.85. The number of piperidine rings is 1. The Bertz CT molecular complexity index is 572. The number of likely N-dealkylation sites (tertiary alicyclic amines) is 1. The van der Waals surface area contributed by atoms with Crippen molar-refractivity contribution in [3.63, 3.8) is 0 Å². The predicted molar refractivity (Wildman–Crippen MR) is 87.6 cm³/mol. The van der Waals surface area contributed by atoms with Gasteiger partial charge in [0.05, 0.1) is 11.8 Å². The second kappa shape index (κ2) is 5.99. The largest absolute Gasteiger partial charge is 0.354 e. The second-order valence-electron chi connectivity index (χ2n) is 7.70. The fraction of sp³-hybridized carbons (Fsp3) is 0.722. The molecule has 2 saturated heterocycles. The van der Waals surface area contributed by atoms with Crippen molar-refractivity contribution < 1.29 is 14.4 Å². The highest BCUT2D eigenvalue weighted by atomic mass is 16.2. The van der Waals surface area contributed by atoms with Gasteiger partial charge in [-0.25, -0.2) is 0 Å². The number of imide groups is 1. The van der Waals surface area contributed by atoms with E-state index in [0.717, 1.165) is 25.8 Å². The van der Waals surface area contributed by atoms with Crippen LogP contribution in [0, 0.1) is 29.6 Å². The van der Waals surface area contributed by atoms with Gasteiger partial charge in [-0.3, -0.25) is 19.3 Å². The fourth-order valence-electron chi connectivity index (χ4n) is 4.99. The van der Waals surface area contributed by atoms with E-state index in [0.29, 0.717) is 19.1 Å². The van der Waals surface area contributed by atoms with Crippen LogP contribution in [0.25, 0.3) is 0 Å². The van der Waals surface area contributed by atoms with Crippen molar-refractivity contribution in [1.29, 1.82) is 0 Å². The molecule has 0 aromatic rings. The Morgan fingerprint density at radius 2 is 1.88 bits per heavy atom. The molecule has 3 fully saturated rings. The van der Waals surface area contributed by atoms with Gasteiger partial charge in [0.25, 0.3) is 0 Å². The molecule has 24 heavy (non-hydrogen) atoms. The van der Waals surface area contributed by atoms with Crippen molar-refractivity contribution in [2.75, 3.05) is 19.6 Å². The average Bonchev–Trinajstić information content (AvgIpc) is 3.24. The summed E-state index contributed by atoms with van der Waals surface area (Å²) in [5.74, 6) is 0.203. The highest BCUT2D eigenvalue weighted by molar-refractivity contribution is 6.06. The Labute approximate surface area is 142 Å². The van der Waals surface area contributed by atoms with Crippen LogP contribution in [-0.4, -0.2) is 48.3 Å². The molecule has 3 amide bonds. The first-order valence-corrected chi connectivity index (χ1v) is 9.11. The van der Waals surface area contributed by atoms with Crippen LogP contribution in [0.1, 0.15) is 26.2 Å². The number of allylic oxidation sites excluding steroid dienone is 2. The van der Waals surface area contributed by atoms with E-state index in [1.54, 1.807) is 0 Å². The highest BCUT2D eigenvalue weighted by Crippen LogP contribution is 2.52. The third kappa shape index (κ3) is 2.48. The van der Waals surface area contributed by atoms with Gasteiger partial charge in [-0.15, -0.1) is 0 Å². The third-order valence-electron chi connectivity index (χ3n) is 6.19. The Balaban J connectivity index is 1.30. The molecule has 4 aliphatic rings. The van der Waals surface area contributed by atoms with Gasteiger partial charge in [0.1, 0.15) is 0 Å². The second-order valence-corrected chi connectivity index (χ2v) is 7.70. The van der Waals surface area contributed by atoms with Gasteiger partial charge in [-0.1, -0.05) is 12.2 Å². The third-order valence-corrected chi connectivity index (χ3v) is 6.19. The summed E-state index contributed by atoms with van der Waals surface area (Å²) in [6.45, 7) is 3.61. The number of carbonyl (C=O) groups excluding carboxylic acids is 3. The van der Waals surface area contributed by atoms with Crippen molar-refractivity contribution in [3.8, 4) is 0 Å². The maximum Gasteiger partial charge on any atom is 0.233 e. The SMILES string of the molecule is C[C@H]1C[C@@H](C(=O)NCCN2C(=O)C3C4C=CC(C4)C3C2=O)CCN1. The number of nitrogens with one attached hydrogen (secondary N) is 2. The summed E-state index contributed by atoms with van der Waals surface area (Å²) in [5.41, 5.74) is 0. The lowest BCUT2D eigenvalue weighted by Gasteiger charge is -2.27.